The van der Waals surface area contributed by atoms with Crippen molar-refractivity contribution in [2.75, 3.05) is 31.1 Å². The van der Waals surface area contributed by atoms with Gasteiger partial charge in [-0.05, 0) is 26.0 Å². The van der Waals surface area contributed by atoms with E-state index in [4.69, 9.17) is 0 Å². The van der Waals surface area contributed by atoms with Gasteiger partial charge in [-0.25, -0.2) is 9.37 Å². The summed E-state index contributed by atoms with van der Waals surface area (Å²) in [4.78, 5) is 13.6. The summed E-state index contributed by atoms with van der Waals surface area (Å²) >= 11 is 0. The molecule has 0 saturated carbocycles. The summed E-state index contributed by atoms with van der Waals surface area (Å²) < 4.78 is 16.2. The highest BCUT2D eigenvalue weighted by atomic mass is 19.1. The van der Waals surface area contributed by atoms with Crippen LogP contribution in [-0.4, -0.2) is 50.8 Å². The number of aromatic nitrogens is 4. The average molecular weight is 380 g/mol. The number of nitrogens with zero attached hydrogens (tertiary/aromatic N) is 6. The molecule has 0 bridgehead atoms. The smallest absolute Gasteiger partial charge is 0.155 e. The van der Waals surface area contributed by atoms with E-state index in [0.717, 1.165) is 44.2 Å². The molecule has 1 fully saturated rings. The SMILES string of the molecule is Cc1nn(C)c(C)c1CN1CCN(c2nccnc2-c2ccccc2F)CC1. The Bertz CT molecular complexity index is 975. The highest BCUT2D eigenvalue weighted by molar-refractivity contribution is 5.72. The van der Waals surface area contributed by atoms with Crippen LogP contribution in [0.25, 0.3) is 11.3 Å². The number of benzene rings is 1. The molecule has 1 aromatic carbocycles. The Hall–Kier alpha value is -2.80. The number of anilines is 1. The lowest BCUT2D eigenvalue weighted by molar-refractivity contribution is 0.248. The summed E-state index contributed by atoms with van der Waals surface area (Å²) in [6.45, 7) is 8.59. The molecule has 0 amide bonds. The number of piperazine rings is 1. The average Bonchev–Trinajstić information content (AvgIpc) is 2.95. The van der Waals surface area contributed by atoms with Crippen LogP contribution in [0.4, 0.5) is 10.2 Å². The van der Waals surface area contributed by atoms with Gasteiger partial charge in [0.25, 0.3) is 0 Å². The summed E-state index contributed by atoms with van der Waals surface area (Å²) in [6, 6.07) is 6.74. The Morgan fingerprint density at radius 3 is 2.39 bits per heavy atom. The standard InChI is InChI=1S/C21H25FN6/c1-15-18(16(2)26(3)25-15)14-27-10-12-28(13-11-27)21-20(23-8-9-24-21)17-6-4-5-7-19(17)22/h4-9H,10-14H2,1-3H3. The molecule has 1 aliphatic rings. The van der Waals surface area contributed by atoms with Crippen LogP contribution >= 0.6 is 0 Å². The first-order valence-corrected chi connectivity index (χ1v) is 9.57. The molecule has 1 aliphatic heterocycles. The van der Waals surface area contributed by atoms with Crippen LogP contribution in [0.2, 0.25) is 0 Å². The Morgan fingerprint density at radius 2 is 1.71 bits per heavy atom. The number of aryl methyl sites for hydroxylation is 2. The molecular formula is C21H25FN6. The number of rotatable bonds is 4. The monoisotopic (exact) mass is 380 g/mol. The van der Waals surface area contributed by atoms with Crippen molar-refractivity contribution in [1.29, 1.82) is 0 Å². The normalized spacial score (nSPS) is 15.2. The van der Waals surface area contributed by atoms with Gasteiger partial charge < -0.3 is 4.90 Å². The second-order valence-corrected chi connectivity index (χ2v) is 7.24. The van der Waals surface area contributed by atoms with E-state index in [1.54, 1.807) is 24.5 Å². The first-order valence-electron chi connectivity index (χ1n) is 9.57. The highest BCUT2D eigenvalue weighted by Gasteiger charge is 2.23. The van der Waals surface area contributed by atoms with Gasteiger partial charge in [0, 0.05) is 69.0 Å². The van der Waals surface area contributed by atoms with E-state index < -0.39 is 0 Å². The summed E-state index contributed by atoms with van der Waals surface area (Å²) in [5, 5.41) is 4.52. The van der Waals surface area contributed by atoms with E-state index in [1.807, 2.05) is 17.8 Å². The molecular weight excluding hydrogens is 355 g/mol. The second-order valence-electron chi connectivity index (χ2n) is 7.24. The van der Waals surface area contributed by atoms with E-state index in [0.29, 0.717) is 11.3 Å². The Kier molecular flexibility index (Phi) is 5.09. The molecule has 2 aromatic heterocycles. The lowest BCUT2D eigenvalue weighted by atomic mass is 10.1. The predicted octanol–water partition coefficient (Wildman–Crippen LogP) is 2.96. The number of hydrogen-bond acceptors (Lipinski definition) is 5. The minimum absolute atomic E-state index is 0.273. The fourth-order valence-corrected chi connectivity index (χ4v) is 3.79. The van der Waals surface area contributed by atoms with E-state index in [-0.39, 0.29) is 5.82 Å². The first kappa shape index (κ1) is 18.6. The van der Waals surface area contributed by atoms with Gasteiger partial charge in [0.15, 0.2) is 5.82 Å². The molecule has 3 heterocycles. The fraction of sp³-hybridized carbons (Fsp3) is 0.381. The van der Waals surface area contributed by atoms with Gasteiger partial charge in [-0.1, -0.05) is 12.1 Å². The molecule has 6 nitrogen and oxygen atoms in total. The van der Waals surface area contributed by atoms with Crippen molar-refractivity contribution >= 4 is 5.82 Å². The van der Waals surface area contributed by atoms with Crippen molar-refractivity contribution in [1.82, 2.24) is 24.6 Å². The third-order valence-electron chi connectivity index (χ3n) is 5.52. The molecule has 146 valence electrons. The van der Waals surface area contributed by atoms with E-state index in [2.05, 4.69) is 38.7 Å². The third-order valence-corrected chi connectivity index (χ3v) is 5.52. The molecule has 0 unspecified atom stereocenters. The van der Waals surface area contributed by atoms with Gasteiger partial charge in [0.2, 0.25) is 0 Å². The molecule has 0 N–H and O–H groups in total. The van der Waals surface area contributed by atoms with Gasteiger partial charge in [-0.3, -0.25) is 14.6 Å². The molecule has 0 aliphatic carbocycles. The molecule has 0 atom stereocenters. The summed E-state index contributed by atoms with van der Waals surface area (Å²) in [6.07, 6.45) is 3.30. The first-order chi connectivity index (χ1) is 13.5. The lowest BCUT2D eigenvalue weighted by Crippen LogP contribution is -2.46. The lowest BCUT2D eigenvalue weighted by Gasteiger charge is -2.36. The van der Waals surface area contributed by atoms with Crippen LogP contribution in [0.15, 0.2) is 36.7 Å². The van der Waals surface area contributed by atoms with Crippen molar-refractivity contribution < 1.29 is 4.39 Å². The maximum Gasteiger partial charge on any atom is 0.155 e. The molecule has 7 heteroatoms. The van der Waals surface area contributed by atoms with Crippen LogP contribution in [0, 0.1) is 19.7 Å². The van der Waals surface area contributed by atoms with E-state index >= 15 is 0 Å². The molecule has 1 saturated heterocycles. The molecule has 3 aromatic rings. The predicted molar refractivity (Wildman–Crippen MR) is 108 cm³/mol. The zero-order chi connectivity index (χ0) is 19.7. The van der Waals surface area contributed by atoms with Crippen molar-refractivity contribution in [3.05, 3.63) is 59.4 Å². The zero-order valence-electron chi connectivity index (χ0n) is 16.6. The van der Waals surface area contributed by atoms with Gasteiger partial charge in [0.05, 0.1) is 5.69 Å². The quantitative estimate of drug-likeness (QED) is 0.697. The minimum Gasteiger partial charge on any atom is -0.352 e. The van der Waals surface area contributed by atoms with Gasteiger partial charge in [-0.15, -0.1) is 0 Å². The number of halogens is 1. The van der Waals surface area contributed by atoms with Crippen LogP contribution in [0.3, 0.4) is 0 Å². The van der Waals surface area contributed by atoms with E-state index in [1.165, 1.54) is 17.3 Å². The summed E-state index contributed by atoms with van der Waals surface area (Å²) in [7, 11) is 1.99. The topological polar surface area (TPSA) is 50.1 Å². The van der Waals surface area contributed by atoms with Crippen LogP contribution < -0.4 is 4.90 Å². The highest BCUT2D eigenvalue weighted by Crippen LogP contribution is 2.29. The Morgan fingerprint density at radius 1 is 1.00 bits per heavy atom. The third kappa shape index (κ3) is 3.49. The summed E-state index contributed by atoms with van der Waals surface area (Å²) in [5.41, 5.74) is 4.72. The van der Waals surface area contributed by atoms with Gasteiger partial charge in [0.1, 0.15) is 11.5 Å². The van der Waals surface area contributed by atoms with Crippen molar-refractivity contribution in [3.8, 4) is 11.3 Å². The largest absolute Gasteiger partial charge is 0.352 e. The van der Waals surface area contributed by atoms with Crippen LogP contribution in [-0.2, 0) is 13.6 Å². The van der Waals surface area contributed by atoms with E-state index in [9.17, 15) is 4.39 Å². The molecule has 0 spiro atoms. The van der Waals surface area contributed by atoms with Crippen molar-refractivity contribution in [2.45, 2.75) is 20.4 Å². The minimum atomic E-state index is -0.273. The van der Waals surface area contributed by atoms with Crippen molar-refractivity contribution in [2.24, 2.45) is 7.05 Å². The maximum absolute atomic E-state index is 14.3. The Labute approximate surface area is 164 Å². The fourth-order valence-electron chi connectivity index (χ4n) is 3.79. The van der Waals surface area contributed by atoms with Gasteiger partial charge >= 0.3 is 0 Å². The molecule has 0 radical (unpaired) electrons. The maximum atomic E-state index is 14.3. The molecule has 4 rings (SSSR count). The Balaban J connectivity index is 1.50. The van der Waals surface area contributed by atoms with Crippen LogP contribution in [0.5, 0.6) is 0 Å². The van der Waals surface area contributed by atoms with Gasteiger partial charge in [-0.2, -0.15) is 5.10 Å². The number of hydrogen-bond donors (Lipinski definition) is 0. The zero-order valence-corrected chi connectivity index (χ0v) is 16.6. The van der Waals surface area contributed by atoms with Crippen molar-refractivity contribution in [3.63, 3.8) is 0 Å². The second kappa shape index (κ2) is 7.67. The van der Waals surface area contributed by atoms with Crippen LogP contribution in [0.1, 0.15) is 17.0 Å². The summed E-state index contributed by atoms with van der Waals surface area (Å²) in [5.74, 6) is 0.478. The molecule has 28 heavy (non-hydrogen) atoms.